The topological polar surface area (TPSA) is 3.24 Å². The molecule has 0 fully saturated rings. The van der Waals surface area contributed by atoms with E-state index in [1.165, 1.54) is 106 Å². The lowest BCUT2D eigenvalue weighted by atomic mass is 9.67. The highest BCUT2D eigenvalue weighted by Gasteiger charge is 2.47. The van der Waals surface area contributed by atoms with Crippen molar-refractivity contribution in [2.24, 2.45) is 0 Å². The minimum absolute atomic E-state index is 0.106. The number of hydrogen-bond donors (Lipinski definition) is 0. The molecule has 0 saturated heterocycles. The van der Waals surface area contributed by atoms with Crippen LogP contribution in [0.3, 0.4) is 0 Å². The van der Waals surface area contributed by atoms with E-state index >= 15 is 0 Å². The minimum atomic E-state index is -0.455. The van der Waals surface area contributed by atoms with Crippen LogP contribution in [0.15, 0.2) is 237 Å². The molecule has 1 heteroatoms. The van der Waals surface area contributed by atoms with Crippen molar-refractivity contribution >= 4 is 17.1 Å². The third kappa shape index (κ3) is 5.69. The van der Waals surface area contributed by atoms with E-state index in [1.807, 2.05) is 0 Å². The molecule has 0 bridgehead atoms. The Hall–Kier alpha value is -8.00. The summed E-state index contributed by atoms with van der Waals surface area (Å²) in [4.78, 5) is 2.50. The quantitative estimate of drug-likeness (QED) is 0.154. The number of nitrogens with zero attached hydrogens (tertiary/aromatic N) is 1. The molecule has 0 spiro atoms. The van der Waals surface area contributed by atoms with Gasteiger partial charge in [0.1, 0.15) is 0 Å². The highest BCUT2D eigenvalue weighted by Crippen LogP contribution is 2.60. The van der Waals surface area contributed by atoms with E-state index in [4.69, 9.17) is 0 Å². The SMILES string of the molecule is CC1(C)c2ccccc2-c2cc3c(cc21)-c1c(N(c2ccc(-c4ccccc4)cc2)c2ccc(-c4cccc5c4-c4ccccc4C5(c4ccccc4)c4ccccc4)cc2)cccc1C3(C)C. The first-order valence-corrected chi connectivity index (χ1v) is 24.1. The minimum Gasteiger partial charge on any atom is -0.310 e. The molecule has 1 nitrogen and oxygen atoms in total. The number of fused-ring (bicyclic) bond motifs is 9. The molecule has 10 aromatic carbocycles. The summed E-state index contributed by atoms with van der Waals surface area (Å²) in [6.07, 6.45) is 0. The summed E-state index contributed by atoms with van der Waals surface area (Å²) in [6, 6.07) is 88.4. The maximum atomic E-state index is 2.54. The lowest BCUT2D eigenvalue weighted by molar-refractivity contribution is 0.652. The van der Waals surface area contributed by atoms with Crippen LogP contribution in [-0.2, 0) is 16.2 Å². The zero-order chi connectivity index (χ0) is 45.8. The standard InChI is InChI=1S/C67H51N/c1-65(2)56-29-16-14-26-52(56)54-42-61-55(43-60(54)65)64-58(66(61,3)4)31-19-33-62(64)68(49-38-34-45(35-39-49)44-20-8-5-9-21-44)50-40-36-46(37-41-50)51-28-18-32-59-63(51)53-27-15-17-30-57(53)67(59,47-22-10-6-11-23-47)48-24-12-7-13-25-48/h5-43H,1-4H3. The molecule has 0 aliphatic heterocycles. The average molecular weight is 870 g/mol. The molecule has 3 aliphatic rings. The molecule has 0 amide bonds. The van der Waals surface area contributed by atoms with Gasteiger partial charge in [0.25, 0.3) is 0 Å². The van der Waals surface area contributed by atoms with Gasteiger partial charge in [-0.25, -0.2) is 0 Å². The molecular formula is C67H51N. The van der Waals surface area contributed by atoms with Crippen molar-refractivity contribution in [2.45, 2.75) is 43.9 Å². The van der Waals surface area contributed by atoms with E-state index in [0.717, 1.165) is 11.4 Å². The van der Waals surface area contributed by atoms with Crippen molar-refractivity contribution in [3.8, 4) is 55.6 Å². The van der Waals surface area contributed by atoms with Gasteiger partial charge in [-0.15, -0.1) is 0 Å². The van der Waals surface area contributed by atoms with Crippen LogP contribution in [0.2, 0.25) is 0 Å². The van der Waals surface area contributed by atoms with Crippen LogP contribution < -0.4 is 4.90 Å². The lowest BCUT2D eigenvalue weighted by Crippen LogP contribution is -2.28. The Balaban J connectivity index is 0.989. The Morgan fingerprint density at radius 3 is 1.40 bits per heavy atom. The number of benzene rings is 10. The lowest BCUT2D eigenvalue weighted by Gasteiger charge is -2.34. The summed E-state index contributed by atoms with van der Waals surface area (Å²) in [5.74, 6) is 0. The van der Waals surface area contributed by atoms with E-state index in [0.29, 0.717) is 0 Å². The predicted molar refractivity (Wildman–Crippen MR) is 284 cm³/mol. The Bertz CT molecular complexity index is 3540. The fourth-order valence-electron chi connectivity index (χ4n) is 12.5. The van der Waals surface area contributed by atoms with Gasteiger partial charge in [-0.05, 0) is 137 Å². The van der Waals surface area contributed by atoms with Gasteiger partial charge in [0.2, 0.25) is 0 Å². The number of anilines is 3. The maximum Gasteiger partial charge on any atom is 0.0713 e. The van der Waals surface area contributed by atoms with Crippen LogP contribution in [0.1, 0.15) is 72.2 Å². The van der Waals surface area contributed by atoms with Crippen LogP contribution in [0, 0.1) is 0 Å². The summed E-state index contributed by atoms with van der Waals surface area (Å²) in [7, 11) is 0. The van der Waals surface area contributed by atoms with Crippen molar-refractivity contribution in [1.82, 2.24) is 0 Å². The van der Waals surface area contributed by atoms with Gasteiger partial charge in [-0.1, -0.05) is 222 Å². The van der Waals surface area contributed by atoms with E-state index in [-0.39, 0.29) is 10.8 Å². The van der Waals surface area contributed by atoms with Crippen molar-refractivity contribution < 1.29 is 0 Å². The third-order valence-corrected chi connectivity index (χ3v) is 15.8. The number of rotatable bonds is 7. The molecule has 0 aromatic heterocycles. The highest BCUT2D eigenvalue weighted by molar-refractivity contribution is 5.99. The monoisotopic (exact) mass is 869 g/mol. The van der Waals surface area contributed by atoms with Crippen LogP contribution in [0.5, 0.6) is 0 Å². The van der Waals surface area contributed by atoms with Crippen LogP contribution >= 0.6 is 0 Å². The Labute approximate surface area is 400 Å². The van der Waals surface area contributed by atoms with Crippen molar-refractivity contribution in [2.75, 3.05) is 4.90 Å². The van der Waals surface area contributed by atoms with Crippen LogP contribution in [-0.4, -0.2) is 0 Å². The van der Waals surface area contributed by atoms with Crippen LogP contribution in [0.25, 0.3) is 55.6 Å². The molecule has 324 valence electrons. The van der Waals surface area contributed by atoms with Crippen LogP contribution in [0.4, 0.5) is 17.1 Å². The van der Waals surface area contributed by atoms with E-state index < -0.39 is 5.41 Å². The first-order chi connectivity index (χ1) is 33.3. The fraction of sp³-hybridized carbons (Fsp3) is 0.104. The second kappa shape index (κ2) is 15.0. The molecular weight excluding hydrogens is 819 g/mol. The van der Waals surface area contributed by atoms with Gasteiger partial charge in [-0.3, -0.25) is 0 Å². The summed E-state index contributed by atoms with van der Waals surface area (Å²) >= 11 is 0. The van der Waals surface area contributed by atoms with Gasteiger partial charge >= 0.3 is 0 Å². The summed E-state index contributed by atoms with van der Waals surface area (Å²) in [5, 5.41) is 0. The summed E-state index contributed by atoms with van der Waals surface area (Å²) in [5.41, 5.74) is 26.2. The zero-order valence-electron chi connectivity index (χ0n) is 39.0. The van der Waals surface area contributed by atoms with E-state index in [2.05, 4.69) is 269 Å². The third-order valence-electron chi connectivity index (χ3n) is 15.8. The zero-order valence-corrected chi connectivity index (χ0v) is 39.0. The normalized spacial score (nSPS) is 14.8. The van der Waals surface area contributed by atoms with Crippen molar-refractivity contribution in [3.63, 3.8) is 0 Å². The molecule has 68 heavy (non-hydrogen) atoms. The fourth-order valence-corrected chi connectivity index (χ4v) is 12.5. The maximum absolute atomic E-state index is 2.54. The second-order valence-corrected chi connectivity index (χ2v) is 20.0. The molecule has 0 heterocycles. The second-order valence-electron chi connectivity index (χ2n) is 20.0. The Morgan fingerprint density at radius 1 is 0.279 bits per heavy atom. The first kappa shape index (κ1) is 40.3. The van der Waals surface area contributed by atoms with E-state index in [9.17, 15) is 0 Å². The van der Waals surface area contributed by atoms with Gasteiger partial charge in [-0.2, -0.15) is 0 Å². The Morgan fingerprint density at radius 2 is 0.735 bits per heavy atom. The van der Waals surface area contributed by atoms with Gasteiger partial charge in [0.05, 0.1) is 11.1 Å². The number of hydrogen-bond acceptors (Lipinski definition) is 1. The molecule has 0 N–H and O–H groups in total. The Kier molecular flexibility index (Phi) is 8.89. The highest BCUT2D eigenvalue weighted by atomic mass is 15.1. The van der Waals surface area contributed by atoms with Gasteiger partial charge in [0, 0.05) is 27.8 Å². The molecule has 10 aromatic rings. The van der Waals surface area contributed by atoms with E-state index in [1.54, 1.807) is 0 Å². The first-order valence-electron chi connectivity index (χ1n) is 24.1. The summed E-state index contributed by atoms with van der Waals surface area (Å²) < 4.78 is 0. The van der Waals surface area contributed by atoms with Crippen molar-refractivity contribution in [3.05, 3.63) is 281 Å². The molecule has 0 atom stereocenters. The molecule has 0 radical (unpaired) electrons. The smallest absolute Gasteiger partial charge is 0.0713 e. The van der Waals surface area contributed by atoms with Crippen molar-refractivity contribution in [1.29, 1.82) is 0 Å². The molecule has 0 unspecified atom stereocenters. The molecule has 0 saturated carbocycles. The molecule has 3 aliphatic carbocycles. The molecule has 13 rings (SSSR count). The van der Waals surface area contributed by atoms with Gasteiger partial charge in [0.15, 0.2) is 0 Å². The largest absolute Gasteiger partial charge is 0.310 e. The predicted octanol–water partition coefficient (Wildman–Crippen LogP) is 17.5. The average Bonchev–Trinajstić information content (AvgIpc) is 3.92. The summed E-state index contributed by atoms with van der Waals surface area (Å²) in [6.45, 7) is 9.61. The van der Waals surface area contributed by atoms with Gasteiger partial charge < -0.3 is 4.90 Å².